The molecule has 0 aliphatic heterocycles. The lowest BCUT2D eigenvalue weighted by molar-refractivity contribution is -0.113. The number of H-pyrrole nitrogens is 1. The molecule has 0 bridgehead atoms. The number of amides is 1. The summed E-state index contributed by atoms with van der Waals surface area (Å²) in [7, 11) is 0. The first-order valence-electron chi connectivity index (χ1n) is 8.42. The molecule has 0 aliphatic carbocycles. The number of thioether (sulfide) groups is 1. The van der Waals surface area contributed by atoms with Gasteiger partial charge in [-0.05, 0) is 30.3 Å². The maximum Gasteiger partial charge on any atom is 0.269 e. The molecule has 4 rings (SSSR count). The van der Waals surface area contributed by atoms with Gasteiger partial charge in [-0.3, -0.25) is 19.3 Å². The van der Waals surface area contributed by atoms with Gasteiger partial charge in [-0.1, -0.05) is 53.2 Å². The monoisotopic (exact) mass is 445 g/mol. The number of nitrogens with zero attached hydrogens (tertiary/aromatic N) is 3. The van der Waals surface area contributed by atoms with Crippen LogP contribution in [0, 0.1) is 0 Å². The number of fused-ring (bicyclic) bond motifs is 1. The summed E-state index contributed by atoms with van der Waals surface area (Å²) in [4.78, 5) is 29.8. The average Bonchev–Trinajstić information content (AvgIpc) is 3.17. The number of hydrogen-bond acceptors (Lipinski definition) is 5. The van der Waals surface area contributed by atoms with Crippen molar-refractivity contribution in [3.05, 3.63) is 75.1 Å². The molecule has 7 nitrogen and oxygen atoms in total. The Morgan fingerprint density at radius 2 is 2.00 bits per heavy atom. The van der Waals surface area contributed by atoms with E-state index < -0.39 is 0 Å². The zero-order chi connectivity index (χ0) is 20.4. The summed E-state index contributed by atoms with van der Waals surface area (Å²) in [6.45, 7) is 0. The molecule has 0 unspecified atom stereocenters. The van der Waals surface area contributed by atoms with Crippen molar-refractivity contribution in [2.75, 3.05) is 11.1 Å². The first kappa shape index (κ1) is 19.5. The highest BCUT2D eigenvalue weighted by molar-refractivity contribution is 7.99. The number of carbonyl (C=O) groups excluding carboxylic acids is 1. The molecule has 2 heterocycles. The molecule has 0 spiro atoms. The van der Waals surface area contributed by atoms with Crippen LogP contribution in [0.1, 0.15) is 0 Å². The minimum absolute atomic E-state index is 0.0257. The molecular formula is C19H13Cl2N5O2S. The molecule has 0 saturated carbocycles. The Labute approximate surface area is 179 Å². The number of halogens is 2. The van der Waals surface area contributed by atoms with Crippen LogP contribution < -0.4 is 10.9 Å². The van der Waals surface area contributed by atoms with Crippen molar-refractivity contribution in [3.8, 4) is 5.69 Å². The van der Waals surface area contributed by atoms with Gasteiger partial charge >= 0.3 is 0 Å². The van der Waals surface area contributed by atoms with Gasteiger partial charge in [0.25, 0.3) is 5.56 Å². The Morgan fingerprint density at radius 1 is 1.17 bits per heavy atom. The van der Waals surface area contributed by atoms with Crippen LogP contribution in [0.3, 0.4) is 0 Å². The largest absolute Gasteiger partial charge is 0.324 e. The third-order valence-electron chi connectivity index (χ3n) is 4.00. The predicted molar refractivity (Wildman–Crippen MR) is 115 cm³/mol. The fourth-order valence-corrected chi connectivity index (χ4v) is 3.87. The van der Waals surface area contributed by atoms with E-state index in [4.69, 9.17) is 23.2 Å². The number of para-hydroxylation sites is 1. The first-order valence-corrected chi connectivity index (χ1v) is 10.2. The van der Waals surface area contributed by atoms with Gasteiger partial charge in [0.15, 0.2) is 10.8 Å². The quantitative estimate of drug-likeness (QED) is 0.355. The number of anilines is 1. The average molecular weight is 446 g/mol. The van der Waals surface area contributed by atoms with Gasteiger partial charge < -0.3 is 5.32 Å². The van der Waals surface area contributed by atoms with E-state index >= 15 is 0 Å². The van der Waals surface area contributed by atoms with Crippen LogP contribution in [-0.4, -0.2) is 31.4 Å². The number of benzene rings is 2. The van der Waals surface area contributed by atoms with E-state index in [1.807, 2.05) is 0 Å². The fraction of sp³-hybridized carbons (Fsp3) is 0.0526. The van der Waals surface area contributed by atoms with Crippen molar-refractivity contribution in [1.29, 1.82) is 0 Å². The molecule has 0 atom stereocenters. The third kappa shape index (κ3) is 4.14. The van der Waals surface area contributed by atoms with E-state index in [1.54, 1.807) is 48.5 Å². The number of carbonyl (C=O) groups is 1. The molecule has 2 aromatic carbocycles. The molecular weight excluding hydrogens is 433 g/mol. The van der Waals surface area contributed by atoms with E-state index in [9.17, 15) is 9.59 Å². The highest BCUT2D eigenvalue weighted by Gasteiger charge is 2.16. The van der Waals surface area contributed by atoms with Crippen molar-refractivity contribution >= 4 is 57.6 Å². The highest BCUT2D eigenvalue weighted by Crippen LogP contribution is 2.24. The lowest BCUT2D eigenvalue weighted by Gasteiger charge is -2.12. The molecule has 1 amide bonds. The van der Waals surface area contributed by atoms with Crippen LogP contribution >= 0.6 is 35.0 Å². The van der Waals surface area contributed by atoms with Crippen molar-refractivity contribution in [3.63, 3.8) is 0 Å². The SMILES string of the molecule is O=C(CSc1nc2[nH]ncc2c(=O)n1-c1cccc(Cl)c1)Nc1ccccc1Cl. The molecule has 146 valence electrons. The maximum atomic E-state index is 13.0. The van der Waals surface area contributed by atoms with E-state index in [0.717, 1.165) is 11.8 Å². The Morgan fingerprint density at radius 3 is 2.79 bits per heavy atom. The highest BCUT2D eigenvalue weighted by atomic mass is 35.5. The second-order valence-electron chi connectivity index (χ2n) is 5.96. The van der Waals surface area contributed by atoms with Crippen LogP contribution in [0.4, 0.5) is 5.69 Å². The molecule has 2 aromatic heterocycles. The van der Waals surface area contributed by atoms with E-state index in [1.165, 1.54) is 10.8 Å². The van der Waals surface area contributed by atoms with Crippen molar-refractivity contribution in [2.45, 2.75) is 5.16 Å². The second-order valence-corrected chi connectivity index (χ2v) is 7.75. The third-order valence-corrected chi connectivity index (χ3v) is 5.50. The minimum atomic E-state index is -0.306. The Kier molecular flexibility index (Phi) is 5.57. The Bertz CT molecular complexity index is 1270. The van der Waals surface area contributed by atoms with Gasteiger partial charge in [-0.2, -0.15) is 5.10 Å². The van der Waals surface area contributed by atoms with Crippen LogP contribution in [-0.2, 0) is 4.79 Å². The lowest BCUT2D eigenvalue weighted by Crippen LogP contribution is -2.22. The van der Waals surface area contributed by atoms with Crippen molar-refractivity contribution < 1.29 is 4.79 Å². The Hall–Kier alpha value is -2.81. The number of aromatic nitrogens is 4. The number of hydrogen-bond donors (Lipinski definition) is 2. The predicted octanol–water partition coefficient (Wildman–Crippen LogP) is 4.15. The van der Waals surface area contributed by atoms with Gasteiger partial charge in [-0.25, -0.2) is 4.98 Å². The van der Waals surface area contributed by atoms with Gasteiger partial charge in [-0.15, -0.1) is 0 Å². The summed E-state index contributed by atoms with van der Waals surface area (Å²) >= 11 is 13.3. The molecule has 0 radical (unpaired) electrons. The summed E-state index contributed by atoms with van der Waals surface area (Å²) in [6.07, 6.45) is 1.42. The summed E-state index contributed by atoms with van der Waals surface area (Å²) in [6, 6.07) is 13.8. The second kappa shape index (κ2) is 8.28. The van der Waals surface area contributed by atoms with E-state index in [0.29, 0.717) is 37.6 Å². The summed E-state index contributed by atoms with van der Waals surface area (Å²) in [5.41, 5.74) is 1.11. The number of aromatic amines is 1. The molecule has 0 aliphatic rings. The summed E-state index contributed by atoms with van der Waals surface area (Å²) in [5.74, 6) is -0.252. The van der Waals surface area contributed by atoms with Crippen molar-refractivity contribution in [1.82, 2.24) is 19.7 Å². The molecule has 4 aromatic rings. The number of nitrogens with one attached hydrogen (secondary N) is 2. The first-order chi connectivity index (χ1) is 14.0. The normalized spacial score (nSPS) is 11.0. The van der Waals surface area contributed by atoms with Gasteiger partial charge in [0, 0.05) is 5.02 Å². The summed E-state index contributed by atoms with van der Waals surface area (Å²) in [5, 5.41) is 10.9. The maximum absolute atomic E-state index is 13.0. The lowest BCUT2D eigenvalue weighted by atomic mass is 10.3. The van der Waals surface area contributed by atoms with Crippen LogP contribution in [0.2, 0.25) is 10.0 Å². The minimum Gasteiger partial charge on any atom is -0.324 e. The van der Waals surface area contributed by atoms with Crippen LogP contribution in [0.5, 0.6) is 0 Å². The Balaban J connectivity index is 1.66. The molecule has 0 saturated heterocycles. The van der Waals surface area contributed by atoms with E-state index in [-0.39, 0.29) is 17.2 Å². The van der Waals surface area contributed by atoms with Crippen LogP contribution in [0.25, 0.3) is 16.7 Å². The smallest absolute Gasteiger partial charge is 0.269 e. The molecule has 0 fully saturated rings. The van der Waals surface area contributed by atoms with Gasteiger partial charge in [0.2, 0.25) is 5.91 Å². The number of rotatable bonds is 5. The molecule has 29 heavy (non-hydrogen) atoms. The van der Waals surface area contributed by atoms with Crippen LogP contribution in [0.15, 0.2) is 64.7 Å². The zero-order valence-electron chi connectivity index (χ0n) is 14.7. The van der Waals surface area contributed by atoms with Gasteiger partial charge in [0.1, 0.15) is 5.39 Å². The van der Waals surface area contributed by atoms with Gasteiger partial charge in [0.05, 0.1) is 28.3 Å². The molecule has 10 heteroatoms. The fourth-order valence-electron chi connectivity index (χ4n) is 2.69. The topological polar surface area (TPSA) is 92.7 Å². The standard InChI is InChI=1S/C19H13Cl2N5O2S/c20-11-4-3-5-12(8-11)26-18(28)13-9-22-25-17(13)24-19(26)29-10-16(27)23-15-7-2-1-6-14(15)21/h1-9H,10H2,(H,22,25)(H,23,27). The van der Waals surface area contributed by atoms with E-state index in [2.05, 4.69) is 20.5 Å². The zero-order valence-corrected chi connectivity index (χ0v) is 17.1. The summed E-state index contributed by atoms with van der Waals surface area (Å²) < 4.78 is 1.41. The molecule has 2 N–H and O–H groups in total. The van der Waals surface area contributed by atoms with Crippen molar-refractivity contribution in [2.24, 2.45) is 0 Å².